The van der Waals surface area contributed by atoms with E-state index in [1.165, 1.54) is 16.8 Å². The third-order valence-corrected chi connectivity index (χ3v) is 3.88. The summed E-state index contributed by atoms with van der Waals surface area (Å²) in [5, 5.41) is 2.81. The van der Waals surface area contributed by atoms with Crippen molar-refractivity contribution in [3.8, 4) is 0 Å². The maximum Gasteiger partial charge on any atom is 0.407 e. The van der Waals surface area contributed by atoms with E-state index in [9.17, 15) is 4.79 Å². The van der Waals surface area contributed by atoms with Gasteiger partial charge in [0.2, 0.25) is 0 Å². The van der Waals surface area contributed by atoms with Gasteiger partial charge in [0.15, 0.2) is 0 Å². The predicted molar refractivity (Wildman–Crippen MR) is 89.4 cm³/mol. The zero-order valence-corrected chi connectivity index (χ0v) is 14.0. The first kappa shape index (κ1) is 16.6. The smallest absolute Gasteiger partial charge is 0.407 e. The molecule has 0 aromatic heterocycles. The molecule has 3 N–H and O–H groups in total. The van der Waals surface area contributed by atoms with Crippen molar-refractivity contribution in [1.29, 1.82) is 0 Å². The molecule has 0 fully saturated rings. The second kappa shape index (κ2) is 6.57. The van der Waals surface area contributed by atoms with Gasteiger partial charge in [-0.3, -0.25) is 0 Å². The number of carbonyl (C=O) groups excluding carboxylic acids is 1. The van der Waals surface area contributed by atoms with E-state index in [-0.39, 0.29) is 5.92 Å². The van der Waals surface area contributed by atoms with Crippen LogP contribution in [0, 0.1) is 0 Å². The Morgan fingerprint density at radius 3 is 2.82 bits per heavy atom. The van der Waals surface area contributed by atoms with Gasteiger partial charge in [-0.25, -0.2) is 4.79 Å². The number of hydrogen-bond acceptors (Lipinski definition) is 4. The van der Waals surface area contributed by atoms with Crippen LogP contribution in [-0.4, -0.2) is 38.4 Å². The molecule has 1 atom stereocenters. The average Bonchev–Trinajstić information content (AvgIpc) is 2.79. The number of rotatable bonds is 4. The average molecular weight is 305 g/mol. The number of amides is 1. The maximum atomic E-state index is 11.8. The van der Waals surface area contributed by atoms with E-state index in [0.717, 1.165) is 13.0 Å². The number of fused-ring (bicyclic) bond motifs is 1. The molecule has 0 bridgehead atoms. The summed E-state index contributed by atoms with van der Waals surface area (Å²) < 4.78 is 5.26. The minimum atomic E-state index is -0.486. The van der Waals surface area contributed by atoms with Crippen LogP contribution in [0.25, 0.3) is 0 Å². The largest absolute Gasteiger partial charge is 0.444 e. The summed E-state index contributed by atoms with van der Waals surface area (Å²) in [5.74, 6) is 0.101. The highest BCUT2D eigenvalue weighted by Gasteiger charge is 2.20. The summed E-state index contributed by atoms with van der Waals surface area (Å²) in [6.45, 7) is 7.59. The minimum absolute atomic E-state index is 0.101. The SMILES string of the molecule is CN1CCc2cc(C(CN)CNC(=O)OC(C)(C)C)ccc21. The van der Waals surface area contributed by atoms with E-state index in [4.69, 9.17) is 10.5 Å². The molecule has 1 amide bonds. The van der Waals surface area contributed by atoms with Gasteiger partial charge in [-0.1, -0.05) is 12.1 Å². The molecule has 0 saturated carbocycles. The Morgan fingerprint density at radius 1 is 1.45 bits per heavy atom. The Balaban J connectivity index is 1.99. The molecule has 1 aliphatic rings. The van der Waals surface area contributed by atoms with Gasteiger partial charge in [0, 0.05) is 38.3 Å². The van der Waals surface area contributed by atoms with E-state index >= 15 is 0 Å². The van der Waals surface area contributed by atoms with E-state index in [1.807, 2.05) is 20.8 Å². The molecule has 2 rings (SSSR count). The number of alkyl carbamates (subject to hydrolysis) is 1. The van der Waals surface area contributed by atoms with Crippen LogP contribution in [0.4, 0.5) is 10.5 Å². The number of carbonyl (C=O) groups is 1. The molecule has 1 unspecified atom stereocenters. The molecule has 0 saturated heterocycles. The number of ether oxygens (including phenoxy) is 1. The Morgan fingerprint density at radius 2 is 2.18 bits per heavy atom. The first-order valence-electron chi connectivity index (χ1n) is 7.81. The lowest BCUT2D eigenvalue weighted by Crippen LogP contribution is -2.36. The van der Waals surface area contributed by atoms with Crippen molar-refractivity contribution < 1.29 is 9.53 Å². The number of nitrogens with one attached hydrogen (secondary N) is 1. The summed E-state index contributed by atoms with van der Waals surface area (Å²) >= 11 is 0. The molecule has 1 aromatic carbocycles. The molecule has 1 aromatic rings. The molecule has 0 aliphatic carbocycles. The number of hydrogen-bond donors (Lipinski definition) is 2. The molecular formula is C17H27N3O2. The summed E-state index contributed by atoms with van der Waals surface area (Å²) in [5.41, 5.74) is 9.22. The standard InChI is InChI=1S/C17H27N3O2/c1-17(2,3)22-16(21)19-11-14(10-18)12-5-6-15-13(9-12)7-8-20(15)4/h5-6,9,14H,7-8,10-11,18H2,1-4H3,(H,19,21). The van der Waals surface area contributed by atoms with Crippen LogP contribution in [0.5, 0.6) is 0 Å². The normalized spacial score (nSPS) is 15.4. The van der Waals surface area contributed by atoms with Crippen molar-refractivity contribution in [1.82, 2.24) is 5.32 Å². The molecule has 1 aliphatic heterocycles. The van der Waals surface area contributed by atoms with E-state index in [0.29, 0.717) is 13.1 Å². The number of nitrogens with two attached hydrogens (primary N) is 1. The van der Waals surface area contributed by atoms with Gasteiger partial charge in [-0.05, 0) is 44.4 Å². The fourth-order valence-electron chi connectivity index (χ4n) is 2.70. The Kier molecular flexibility index (Phi) is 4.96. The molecule has 22 heavy (non-hydrogen) atoms. The topological polar surface area (TPSA) is 67.6 Å². The van der Waals surface area contributed by atoms with Gasteiger partial charge in [0.05, 0.1) is 0 Å². The van der Waals surface area contributed by atoms with Crippen LogP contribution >= 0.6 is 0 Å². The quantitative estimate of drug-likeness (QED) is 0.895. The summed E-state index contributed by atoms with van der Waals surface area (Å²) in [4.78, 5) is 14.0. The number of benzene rings is 1. The lowest BCUT2D eigenvalue weighted by Gasteiger charge is -2.22. The number of anilines is 1. The van der Waals surface area contributed by atoms with Gasteiger partial charge in [0.25, 0.3) is 0 Å². The Labute approximate surface area is 132 Å². The van der Waals surface area contributed by atoms with Crippen molar-refractivity contribution >= 4 is 11.8 Å². The fourth-order valence-corrected chi connectivity index (χ4v) is 2.70. The second-order valence-electron chi connectivity index (χ2n) is 6.88. The monoisotopic (exact) mass is 305 g/mol. The third kappa shape index (κ3) is 4.13. The summed E-state index contributed by atoms with van der Waals surface area (Å²) in [7, 11) is 2.11. The first-order valence-corrected chi connectivity index (χ1v) is 7.81. The number of nitrogens with zero attached hydrogens (tertiary/aromatic N) is 1. The van der Waals surface area contributed by atoms with Gasteiger partial charge in [-0.2, -0.15) is 0 Å². The highest BCUT2D eigenvalue weighted by atomic mass is 16.6. The predicted octanol–water partition coefficient (Wildman–Crippen LogP) is 2.25. The highest BCUT2D eigenvalue weighted by Crippen LogP contribution is 2.29. The van der Waals surface area contributed by atoms with Crippen LogP contribution in [0.1, 0.15) is 37.8 Å². The molecule has 0 radical (unpaired) electrons. The molecule has 122 valence electrons. The summed E-state index contributed by atoms with van der Waals surface area (Å²) in [6.07, 6.45) is 0.669. The lowest BCUT2D eigenvalue weighted by molar-refractivity contribution is 0.0525. The molecule has 0 spiro atoms. The van der Waals surface area contributed by atoms with E-state index < -0.39 is 11.7 Å². The van der Waals surface area contributed by atoms with Crippen LogP contribution in [0.2, 0.25) is 0 Å². The molecular weight excluding hydrogens is 278 g/mol. The van der Waals surface area contributed by atoms with Crippen molar-refractivity contribution in [3.63, 3.8) is 0 Å². The minimum Gasteiger partial charge on any atom is -0.444 e. The van der Waals surface area contributed by atoms with Crippen LogP contribution < -0.4 is 16.0 Å². The highest BCUT2D eigenvalue weighted by molar-refractivity contribution is 5.67. The fraction of sp³-hybridized carbons (Fsp3) is 0.588. The van der Waals surface area contributed by atoms with Crippen molar-refractivity contribution in [2.45, 2.75) is 38.7 Å². The van der Waals surface area contributed by atoms with Crippen molar-refractivity contribution in [2.24, 2.45) is 5.73 Å². The molecule has 5 nitrogen and oxygen atoms in total. The second-order valence-corrected chi connectivity index (χ2v) is 6.88. The van der Waals surface area contributed by atoms with Crippen LogP contribution in [0.15, 0.2) is 18.2 Å². The maximum absolute atomic E-state index is 11.8. The number of likely N-dealkylation sites (N-methyl/N-ethyl adjacent to an activating group) is 1. The van der Waals surface area contributed by atoms with Crippen molar-refractivity contribution in [3.05, 3.63) is 29.3 Å². The lowest BCUT2D eigenvalue weighted by atomic mass is 9.96. The van der Waals surface area contributed by atoms with Crippen LogP contribution in [-0.2, 0) is 11.2 Å². The van der Waals surface area contributed by atoms with E-state index in [1.54, 1.807) is 0 Å². The Bertz CT molecular complexity index is 537. The molecule has 1 heterocycles. The van der Waals surface area contributed by atoms with Crippen LogP contribution in [0.3, 0.4) is 0 Å². The van der Waals surface area contributed by atoms with Gasteiger partial charge < -0.3 is 20.7 Å². The van der Waals surface area contributed by atoms with Crippen molar-refractivity contribution in [2.75, 3.05) is 31.6 Å². The zero-order valence-electron chi connectivity index (χ0n) is 14.0. The Hall–Kier alpha value is -1.75. The van der Waals surface area contributed by atoms with Gasteiger partial charge in [0.1, 0.15) is 5.60 Å². The van der Waals surface area contributed by atoms with Gasteiger partial charge >= 0.3 is 6.09 Å². The zero-order chi connectivity index (χ0) is 16.3. The molecule has 5 heteroatoms. The first-order chi connectivity index (χ1) is 10.3. The van der Waals surface area contributed by atoms with Gasteiger partial charge in [-0.15, -0.1) is 0 Å². The van der Waals surface area contributed by atoms with E-state index in [2.05, 4.69) is 35.5 Å². The summed E-state index contributed by atoms with van der Waals surface area (Å²) in [6, 6.07) is 6.47. The third-order valence-electron chi connectivity index (χ3n) is 3.88.